The Kier molecular flexibility index (Phi) is 7.47. The summed E-state index contributed by atoms with van der Waals surface area (Å²) in [4.78, 5) is 17.1. The summed E-state index contributed by atoms with van der Waals surface area (Å²) in [5, 5.41) is 10.3. The molecular weight excluding hydrogens is 476 g/mol. The SMILES string of the molecule is Cc1cc(NS(=O)c2cccnc2)c(C)c(C(OC(C)(C)C)C(=O)O)c1-c1ccc2c(c1)CCCO2. The van der Waals surface area contributed by atoms with E-state index in [0.717, 1.165) is 40.8 Å². The van der Waals surface area contributed by atoms with Crippen molar-refractivity contribution in [3.63, 3.8) is 0 Å². The number of benzene rings is 2. The summed E-state index contributed by atoms with van der Waals surface area (Å²) in [6.07, 6.45) is 3.78. The maximum atomic E-state index is 13.0. The monoisotopic (exact) mass is 508 g/mol. The Hall–Kier alpha value is -3.23. The van der Waals surface area contributed by atoms with Crippen molar-refractivity contribution < 1.29 is 23.6 Å². The van der Waals surface area contributed by atoms with Crippen molar-refractivity contribution in [3.8, 4) is 16.9 Å². The van der Waals surface area contributed by atoms with Gasteiger partial charge in [0.2, 0.25) is 0 Å². The van der Waals surface area contributed by atoms with E-state index in [4.69, 9.17) is 9.47 Å². The summed E-state index contributed by atoms with van der Waals surface area (Å²) >= 11 is 0. The average Bonchev–Trinajstić information content (AvgIpc) is 2.84. The first-order chi connectivity index (χ1) is 17.0. The van der Waals surface area contributed by atoms with E-state index in [0.29, 0.717) is 28.3 Å². The van der Waals surface area contributed by atoms with E-state index in [1.807, 2.05) is 52.8 Å². The number of aliphatic carboxylic acids is 1. The van der Waals surface area contributed by atoms with Crippen molar-refractivity contribution >= 4 is 22.6 Å². The minimum absolute atomic E-state index is 0.524. The van der Waals surface area contributed by atoms with Crippen molar-refractivity contribution in [1.29, 1.82) is 0 Å². The highest BCUT2D eigenvalue weighted by atomic mass is 32.2. The maximum absolute atomic E-state index is 13.0. The predicted molar refractivity (Wildman–Crippen MR) is 141 cm³/mol. The van der Waals surface area contributed by atoms with E-state index in [-0.39, 0.29) is 0 Å². The van der Waals surface area contributed by atoms with Crippen LogP contribution in [-0.2, 0) is 26.9 Å². The molecule has 1 aromatic heterocycles. The van der Waals surface area contributed by atoms with Gasteiger partial charge in [-0.15, -0.1) is 0 Å². The number of nitrogens with zero attached hydrogens (tertiary/aromatic N) is 1. The highest BCUT2D eigenvalue weighted by Crippen LogP contribution is 2.42. The summed E-state index contributed by atoms with van der Waals surface area (Å²) in [6, 6.07) is 11.4. The van der Waals surface area contributed by atoms with Crippen LogP contribution in [-0.4, -0.2) is 32.5 Å². The highest BCUT2D eigenvalue weighted by Gasteiger charge is 2.32. The topological polar surface area (TPSA) is 97.8 Å². The average molecular weight is 509 g/mol. The van der Waals surface area contributed by atoms with Gasteiger partial charge in [0.1, 0.15) is 5.75 Å². The fraction of sp³-hybridized carbons (Fsp3) is 0.357. The van der Waals surface area contributed by atoms with Crippen LogP contribution in [0.25, 0.3) is 11.1 Å². The molecule has 1 aliphatic rings. The molecule has 0 saturated heterocycles. The molecule has 2 unspecified atom stereocenters. The number of ether oxygens (including phenoxy) is 2. The first kappa shape index (κ1) is 25.9. The van der Waals surface area contributed by atoms with E-state index in [1.165, 1.54) is 0 Å². The second kappa shape index (κ2) is 10.4. The van der Waals surface area contributed by atoms with E-state index >= 15 is 0 Å². The van der Waals surface area contributed by atoms with Gasteiger partial charge in [0, 0.05) is 18.0 Å². The number of fused-ring (bicyclic) bond motifs is 1. The van der Waals surface area contributed by atoms with E-state index in [9.17, 15) is 14.1 Å². The quantitative estimate of drug-likeness (QED) is 0.421. The largest absolute Gasteiger partial charge is 0.493 e. The molecule has 4 rings (SSSR count). The Labute approximate surface area is 214 Å². The van der Waals surface area contributed by atoms with Gasteiger partial charge in [-0.05, 0) is 106 Å². The molecule has 2 aromatic carbocycles. The molecule has 3 aromatic rings. The number of hydrogen-bond donors (Lipinski definition) is 2. The molecule has 2 atom stereocenters. The number of aryl methyl sites for hydroxylation is 2. The maximum Gasteiger partial charge on any atom is 0.337 e. The van der Waals surface area contributed by atoms with Crippen LogP contribution in [0.3, 0.4) is 0 Å². The van der Waals surface area contributed by atoms with Gasteiger partial charge in [-0.1, -0.05) is 6.07 Å². The third-order valence-electron chi connectivity index (χ3n) is 6.04. The van der Waals surface area contributed by atoms with E-state index in [1.54, 1.807) is 24.5 Å². The number of carbonyl (C=O) groups is 1. The molecule has 1 aliphatic heterocycles. The molecule has 0 bridgehead atoms. The van der Waals surface area contributed by atoms with Gasteiger partial charge in [0.05, 0.1) is 22.8 Å². The fourth-order valence-corrected chi connectivity index (χ4v) is 5.37. The Morgan fingerprint density at radius 1 is 1.22 bits per heavy atom. The molecule has 0 spiro atoms. The smallest absolute Gasteiger partial charge is 0.337 e. The molecule has 190 valence electrons. The lowest BCUT2D eigenvalue weighted by molar-refractivity contribution is -0.160. The van der Waals surface area contributed by atoms with Crippen molar-refractivity contribution in [3.05, 3.63) is 71.0 Å². The number of aromatic nitrogens is 1. The lowest BCUT2D eigenvalue weighted by Crippen LogP contribution is -2.28. The Bertz CT molecular complexity index is 1300. The van der Waals surface area contributed by atoms with Crippen LogP contribution < -0.4 is 9.46 Å². The van der Waals surface area contributed by atoms with Crippen LogP contribution >= 0.6 is 0 Å². The summed E-state index contributed by atoms with van der Waals surface area (Å²) in [5.74, 6) is -0.215. The number of nitrogens with one attached hydrogen (secondary N) is 1. The van der Waals surface area contributed by atoms with Gasteiger partial charge < -0.3 is 19.3 Å². The first-order valence-corrected chi connectivity index (χ1v) is 13.1. The molecule has 36 heavy (non-hydrogen) atoms. The van der Waals surface area contributed by atoms with Crippen LogP contribution in [0.2, 0.25) is 0 Å². The number of hydrogen-bond acceptors (Lipinski definition) is 5. The Morgan fingerprint density at radius 2 is 2.00 bits per heavy atom. The lowest BCUT2D eigenvalue weighted by Gasteiger charge is -2.30. The second-order valence-corrected chi connectivity index (χ2v) is 11.2. The normalized spacial score (nSPS) is 14.9. The van der Waals surface area contributed by atoms with Crippen molar-refractivity contribution in [2.24, 2.45) is 0 Å². The number of anilines is 1. The number of pyridine rings is 1. The van der Waals surface area contributed by atoms with Gasteiger partial charge >= 0.3 is 5.97 Å². The zero-order valence-electron chi connectivity index (χ0n) is 21.3. The summed E-state index contributed by atoms with van der Waals surface area (Å²) in [7, 11) is -1.57. The third-order valence-corrected chi connectivity index (χ3v) is 7.11. The molecular formula is C28H32N2O5S. The minimum atomic E-state index is -1.57. The van der Waals surface area contributed by atoms with Crippen LogP contribution in [0.5, 0.6) is 5.75 Å². The zero-order valence-corrected chi connectivity index (χ0v) is 22.1. The Balaban J connectivity index is 1.89. The number of carboxylic acid groups (broad SMARTS) is 1. The second-order valence-electron chi connectivity index (χ2n) is 9.94. The first-order valence-electron chi connectivity index (χ1n) is 11.9. The van der Waals surface area contributed by atoms with Crippen LogP contribution in [0.15, 0.2) is 53.7 Å². The molecule has 0 saturated carbocycles. The van der Waals surface area contributed by atoms with E-state index in [2.05, 4.69) is 15.8 Å². The third kappa shape index (κ3) is 5.60. The zero-order chi connectivity index (χ0) is 26.0. The molecule has 2 heterocycles. The molecule has 0 aliphatic carbocycles. The van der Waals surface area contributed by atoms with Gasteiger partial charge in [0.15, 0.2) is 17.1 Å². The van der Waals surface area contributed by atoms with Crippen LogP contribution in [0.4, 0.5) is 5.69 Å². The predicted octanol–water partition coefficient (Wildman–Crippen LogP) is 5.77. The van der Waals surface area contributed by atoms with Crippen LogP contribution in [0.1, 0.15) is 55.5 Å². The number of rotatable bonds is 7. The summed E-state index contributed by atoms with van der Waals surface area (Å²) in [5.41, 5.74) is 4.74. The number of carboxylic acids is 1. The summed E-state index contributed by atoms with van der Waals surface area (Å²) < 4.78 is 28.0. The highest BCUT2D eigenvalue weighted by molar-refractivity contribution is 7.86. The van der Waals surface area contributed by atoms with Gasteiger partial charge in [-0.2, -0.15) is 0 Å². The minimum Gasteiger partial charge on any atom is -0.493 e. The fourth-order valence-electron chi connectivity index (χ4n) is 4.48. The van der Waals surface area contributed by atoms with Crippen LogP contribution in [0, 0.1) is 13.8 Å². The standard InChI is InChI=1S/C28H32N2O5S/c1-17-14-22(30-36(33)21-9-6-12-29-16-21)18(2)25(26(27(31)32)35-28(3,4)5)24(17)20-10-11-23-19(15-20)8-7-13-34-23/h6,9-12,14-16,26,30H,7-8,13H2,1-5H3,(H,31,32). The van der Waals surface area contributed by atoms with Gasteiger partial charge in [-0.25, -0.2) is 9.00 Å². The molecule has 0 fully saturated rings. The van der Waals surface area contributed by atoms with Crippen molar-refractivity contribution in [2.45, 2.75) is 64.1 Å². The van der Waals surface area contributed by atoms with Gasteiger partial charge in [-0.3, -0.25) is 4.98 Å². The summed E-state index contributed by atoms with van der Waals surface area (Å²) in [6.45, 7) is 9.97. The lowest BCUT2D eigenvalue weighted by atomic mass is 9.86. The van der Waals surface area contributed by atoms with Gasteiger partial charge in [0.25, 0.3) is 0 Å². The van der Waals surface area contributed by atoms with Crippen molar-refractivity contribution in [1.82, 2.24) is 4.98 Å². The Morgan fingerprint density at radius 3 is 2.67 bits per heavy atom. The van der Waals surface area contributed by atoms with E-state index < -0.39 is 28.7 Å². The van der Waals surface area contributed by atoms with Crippen molar-refractivity contribution in [2.75, 3.05) is 11.3 Å². The molecule has 0 amide bonds. The molecule has 0 radical (unpaired) electrons. The molecule has 2 N–H and O–H groups in total. The molecule has 7 nitrogen and oxygen atoms in total. The molecule has 8 heteroatoms.